The largest absolute Gasteiger partial charge is 0.377 e. The number of fused-ring (bicyclic) bond motifs is 1. The Morgan fingerprint density at radius 1 is 1.37 bits per heavy atom. The Morgan fingerprint density at radius 3 is 2.93 bits per heavy atom. The van der Waals surface area contributed by atoms with Crippen LogP contribution in [-0.4, -0.2) is 53.2 Å². The number of ether oxygens (including phenoxy) is 1. The summed E-state index contributed by atoms with van der Waals surface area (Å²) in [6.45, 7) is 2.12. The first-order valence-corrected chi connectivity index (χ1v) is 9.83. The van der Waals surface area contributed by atoms with Crippen molar-refractivity contribution in [2.45, 2.75) is 36.9 Å². The number of thioether (sulfide) groups is 1. The highest BCUT2D eigenvalue weighted by molar-refractivity contribution is 14.0. The molecule has 7 nitrogen and oxygen atoms in total. The third kappa shape index (κ3) is 6.65. The van der Waals surface area contributed by atoms with Crippen LogP contribution in [0.25, 0.3) is 0 Å². The molecule has 3 rings (SSSR count). The molecule has 1 atom stereocenters. The lowest BCUT2D eigenvalue weighted by atomic mass is 10.1. The molecule has 0 saturated carbocycles. The van der Waals surface area contributed by atoms with Gasteiger partial charge in [-0.05, 0) is 18.6 Å². The van der Waals surface area contributed by atoms with Crippen molar-refractivity contribution in [2.24, 2.45) is 4.99 Å². The number of guanidine groups is 1. The highest BCUT2D eigenvalue weighted by atomic mass is 127. The van der Waals surface area contributed by atoms with Crippen molar-refractivity contribution >= 4 is 41.7 Å². The average Bonchev–Trinajstić information content (AvgIpc) is 3.07. The van der Waals surface area contributed by atoms with Gasteiger partial charge >= 0.3 is 0 Å². The summed E-state index contributed by atoms with van der Waals surface area (Å²) >= 11 is 1.84. The van der Waals surface area contributed by atoms with E-state index < -0.39 is 0 Å². The minimum absolute atomic E-state index is 0. The molecule has 0 aliphatic carbocycles. The van der Waals surface area contributed by atoms with Crippen LogP contribution < -0.4 is 10.6 Å². The minimum Gasteiger partial charge on any atom is -0.377 e. The second-order valence-corrected chi connectivity index (χ2v) is 7.27. The van der Waals surface area contributed by atoms with E-state index in [1.165, 1.54) is 4.90 Å². The fraction of sp³-hybridized carbons (Fsp3) is 0.500. The lowest BCUT2D eigenvalue weighted by Gasteiger charge is -2.25. The van der Waals surface area contributed by atoms with E-state index in [-0.39, 0.29) is 24.0 Å². The highest BCUT2D eigenvalue weighted by Crippen LogP contribution is 2.16. The number of nitrogens with zero attached hydrogens (tertiary/aromatic N) is 4. The van der Waals surface area contributed by atoms with Gasteiger partial charge in [-0.15, -0.1) is 35.7 Å². The first kappa shape index (κ1) is 22.0. The zero-order valence-electron chi connectivity index (χ0n) is 15.7. The lowest BCUT2D eigenvalue weighted by Crippen LogP contribution is -2.47. The van der Waals surface area contributed by atoms with Crippen LogP contribution >= 0.6 is 35.7 Å². The standard InChI is InChI=1S/C18H26N6OS.HI/c1-19-18(20-10-11-26-15-6-4-3-5-7-15)21-14-8-9-17-22-16(13-25-2)23-24(17)12-14;/h3-7,14H,8-13H2,1-2H3,(H2,19,20,21);1H. The summed E-state index contributed by atoms with van der Waals surface area (Å²) in [7, 11) is 3.47. The molecule has 0 saturated heterocycles. The second-order valence-electron chi connectivity index (χ2n) is 6.10. The van der Waals surface area contributed by atoms with Crippen molar-refractivity contribution < 1.29 is 4.74 Å². The number of nitrogens with one attached hydrogen (secondary N) is 2. The summed E-state index contributed by atoms with van der Waals surface area (Å²) in [5, 5.41) is 11.4. The number of halogens is 1. The molecule has 1 aliphatic rings. The van der Waals surface area contributed by atoms with E-state index >= 15 is 0 Å². The molecule has 1 aliphatic heterocycles. The molecule has 2 N–H and O–H groups in total. The van der Waals surface area contributed by atoms with Crippen LogP contribution in [0.15, 0.2) is 40.2 Å². The zero-order valence-corrected chi connectivity index (χ0v) is 18.9. The predicted molar refractivity (Wildman–Crippen MR) is 120 cm³/mol. The van der Waals surface area contributed by atoms with Gasteiger partial charge in [0.05, 0.1) is 6.54 Å². The van der Waals surface area contributed by atoms with Crippen LogP contribution in [0.3, 0.4) is 0 Å². The van der Waals surface area contributed by atoms with Crippen LogP contribution in [0.2, 0.25) is 0 Å². The number of hydrogen-bond acceptors (Lipinski definition) is 5. The molecule has 9 heteroatoms. The molecule has 0 amide bonds. The van der Waals surface area contributed by atoms with E-state index in [0.717, 1.165) is 49.3 Å². The summed E-state index contributed by atoms with van der Waals surface area (Å²) in [6, 6.07) is 10.7. The Bertz CT molecular complexity index is 724. The maximum atomic E-state index is 5.12. The molecule has 0 bridgehead atoms. The number of aryl methyl sites for hydroxylation is 1. The van der Waals surface area contributed by atoms with Gasteiger partial charge in [-0.2, -0.15) is 5.10 Å². The van der Waals surface area contributed by atoms with Gasteiger partial charge in [0, 0.05) is 43.8 Å². The van der Waals surface area contributed by atoms with Crippen LogP contribution in [0.1, 0.15) is 18.1 Å². The average molecular weight is 502 g/mol. The van der Waals surface area contributed by atoms with E-state index in [1.807, 2.05) is 22.5 Å². The smallest absolute Gasteiger partial charge is 0.191 e. The third-order valence-electron chi connectivity index (χ3n) is 4.15. The normalized spacial score (nSPS) is 16.4. The summed E-state index contributed by atoms with van der Waals surface area (Å²) in [5.74, 6) is 3.62. The number of benzene rings is 1. The molecule has 148 valence electrons. The molecular formula is C18H27IN6OS. The molecule has 27 heavy (non-hydrogen) atoms. The monoisotopic (exact) mass is 502 g/mol. The Morgan fingerprint density at radius 2 is 2.19 bits per heavy atom. The molecule has 2 aromatic rings. The van der Waals surface area contributed by atoms with Crippen molar-refractivity contribution in [1.29, 1.82) is 0 Å². The molecule has 1 unspecified atom stereocenters. The van der Waals surface area contributed by atoms with Gasteiger partial charge < -0.3 is 15.4 Å². The van der Waals surface area contributed by atoms with Gasteiger partial charge in [-0.3, -0.25) is 4.99 Å². The second kappa shape index (κ2) is 11.5. The maximum absolute atomic E-state index is 5.12. The summed E-state index contributed by atoms with van der Waals surface area (Å²) < 4.78 is 7.10. The Hall–Kier alpha value is -1.33. The van der Waals surface area contributed by atoms with Crippen LogP contribution in [0, 0.1) is 0 Å². The summed E-state index contributed by atoms with van der Waals surface area (Å²) in [6.07, 6.45) is 1.93. The van der Waals surface area contributed by atoms with Crippen LogP contribution in [0.5, 0.6) is 0 Å². The highest BCUT2D eigenvalue weighted by Gasteiger charge is 2.22. The van der Waals surface area contributed by atoms with E-state index in [0.29, 0.717) is 12.6 Å². The van der Waals surface area contributed by atoms with Gasteiger partial charge in [0.2, 0.25) is 0 Å². The van der Waals surface area contributed by atoms with E-state index in [1.54, 1.807) is 14.2 Å². The molecular weight excluding hydrogens is 475 g/mol. The van der Waals surface area contributed by atoms with E-state index in [9.17, 15) is 0 Å². The molecule has 0 radical (unpaired) electrons. The van der Waals surface area contributed by atoms with Crippen LogP contribution in [0.4, 0.5) is 0 Å². The van der Waals surface area contributed by atoms with Gasteiger partial charge in [0.25, 0.3) is 0 Å². The van der Waals surface area contributed by atoms with Crippen molar-refractivity contribution in [1.82, 2.24) is 25.4 Å². The number of aromatic nitrogens is 3. The maximum Gasteiger partial charge on any atom is 0.191 e. The minimum atomic E-state index is 0. The Labute approximate surface area is 181 Å². The molecule has 0 spiro atoms. The Balaban J connectivity index is 0.00000261. The summed E-state index contributed by atoms with van der Waals surface area (Å²) in [4.78, 5) is 10.1. The zero-order chi connectivity index (χ0) is 18.2. The van der Waals surface area contributed by atoms with Crippen molar-refractivity contribution in [2.75, 3.05) is 26.5 Å². The number of methoxy groups -OCH3 is 1. The SMILES string of the molecule is CN=C(NCCSc1ccccc1)NC1CCc2nc(COC)nn2C1.I. The lowest BCUT2D eigenvalue weighted by molar-refractivity contribution is 0.177. The predicted octanol–water partition coefficient (Wildman–Crippen LogP) is 2.31. The summed E-state index contributed by atoms with van der Waals surface area (Å²) in [5.41, 5.74) is 0. The molecule has 1 aromatic carbocycles. The van der Waals surface area contributed by atoms with Crippen LogP contribution in [-0.2, 0) is 24.3 Å². The topological polar surface area (TPSA) is 76.4 Å². The van der Waals surface area contributed by atoms with Crippen molar-refractivity contribution in [3.05, 3.63) is 42.0 Å². The van der Waals surface area contributed by atoms with Gasteiger partial charge in [-0.1, -0.05) is 18.2 Å². The number of rotatable bonds is 7. The molecule has 2 heterocycles. The Kier molecular flexibility index (Phi) is 9.35. The number of aliphatic imine (C=N–C) groups is 1. The van der Waals surface area contributed by atoms with Gasteiger partial charge in [0.1, 0.15) is 12.4 Å². The van der Waals surface area contributed by atoms with Gasteiger partial charge in [-0.25, -0.2) is 9.67 Å². The first-order valence-electron chi connectivity index (χ1n) is 8.85. The fourth-order valence-corrected chi connectivity index (χ4v) is 3.70. The third-order valence-corrected chi connectivity index (χ3v) is 5.16. The number of hydrogen-bond donors (Lipinski definition) is 2. The van der Waals surface area contributed by atoms with Gasteiger partial charge in [0.15, 0.2) is 11.8 Å². The first-order chi connectivity index (χ1) is 12.8. The molecule has 1 aromatic heterocycles. The van der Waals surface area contributed by atoms with E-state index in [4.69, 9.17) is 4.74 Å². The fourth-order valence-electron chi connectivity index (χ4n) is 2.91. The van der Waals surface area contributed by atoms with Crippen molar-refractivity contribution in [3.63, 3.8) is 0 Å². The van der Waals surface area contributed by atoms with E-state index in [2.05, 4.69) is 50.0 Å². The quantitative estimate of drug-likeness (QED) is 0.199. The molecule has 0 fully saturated rings. The van der Waals surface area contributed by atoms with Crippen molar-refractivity contribution in [3.8, 4) is 0 Å².